The van der Waals surface area contributed by atoms with Crippen LogP contribution in [0.3, 0.4) is 0 Å². The van der Waals surface area contributed by atoms with Crippen molar-refractivity contribution in [2.75, 3.05) is 0 Å². The van der Waals surface area contributed by atoms with Crippen molar-refractivity contribution >= 4 is 28.8 Å². The molecule has 4 heteroatoms. The summed E-state index contributed by atoms with van der Waals surface area (Å²) in [6.07, 6.45) is 1.81. The first-order chi connectivity index (χ1) is 10.3. The lowest BCUT2D eigenvalue weighted by molar-refractivity contribution is 0.112. The average Bonchev–Trinajstić information content (AvgIpc) is 2.54. The molecular formula is C17H10O3S. The molecule has 0 spiro atoms. The van der Waals surface area contributed by atoms with Crippen LogP contribution in [0.2, 0.25) is 0 Å². The van der Waals surface area contributed by atoms with Crippen molar-refractivity contribution in [1.82, 2.24) is 0 Å². The maximum atomic E-state index is 12.3. The fourth-order valence-corrected chi connectivity index (χ4v) is 3.78. The molecule has 21 heavy (non-hydrogen) atoms. The number of thioether (sulfide) groups is 1. The van der Waals surface area contributed by atoms with Gasteiger partial charge in [0.25, 0.3) is 0 Å². The molecule has 0 radical (unpaired) electrons. The zero-order chi connectivity index (χ0) is 14.4. The summed E-state index contributed by atoms with van der Waals surface area (Å²) in [5.41, 5.74) is 1.39. The summed E-state index contributed by atoms with van der Waals surface area (Å²) < 4.78 is 5.64. The zero-order valence-electron chi connectivity index (χ0n) is 11.0. The average molecular weight is 294 g/mol. The van der Waals surface area contributed by atoms with Crippen molar-refractivity contribution in [1.29, 1.82) is 0 Å². The van der Waals surface area contributed by atoms with E-state index in [9.17, 15) is 9.59 Å². The van der Waals surface area contributed by atoms with E-state index in [0.29, 0.717) is 23.4 Å². The Balaban J connectivity index is 2.13. The number of hydrogen-bond donors (Lipinski definition) is 0. The van der Waals surface area contributed by atoms with Gasteiger partial charge in [0.05, 0.1) is 11.1 Å². The van der Waals surface area contributed by atoms with Gasteiger partial charge in [-0.25, -0.2) is 0 Å². The fourth-order valence-electron chi connectivity index (χ4n) is 2.70. The summed E-state index contributed by atoms with van der Waals surface area (Å²) in [7, 11) is 0. The van der Waals surface area contributed by atoms with E-state index in [4.69, 9.17) is 4.42 Å². The number of fused-ring (bicyclic) bond motifs is 5. The Morgan fingerprint density at radius 2 is 2.00 bits per heavy atom. The smallest absolute Gasteiger partial charge is 0.200 e. The molecule has 0 aliphatic carbocycles. The van der Waals surface area contributed by atoms with Crippen LogP contribution in [0.5, 0.6) is 0 Å². The Morgan fingerprint density at radius 3 is 2.86 bits per heavy atom. The number of hydrogen-bond acceptors (Lipinski definition) is 4. The second kappa shape index (κ2) is 4.60. The molecule has 0 saturated carbocycles. The highest BCUT2D eigenvalue weighted by molar-refractivity contribution is 7.98. The molecule has 0 fully saturated rings. The molecule has 0 bridgehead atoms. The minimum atomic E-state index is -0.225. The van der Waals surface area contributed by atoms with Crippen LogP contribution in [0.25, 0.3) is 22.1 Å². The van der Waals surface area contributed by atoms with Gasteiger partial charge in [0.1, 0.15) is 12.0 Å². The summed E-state index contributed by atoms with van der Waals surface area (Å²) in [5.74, 6) is 1.13. The third kappa shape index (κ3) is 1.76. The number of benzene rings is 2. The first-order valence-electron chi connectivity index (χ1n) is 6.54. The van der Waals surface area contributed by atoms with Crippen molar-refractivity contribution in [2.24, 2.45) is 0 Å². The standard InChI is InChI=1S/C17H10O3S/c18-7-11-8-20-17-13(16(11)19)9-21-14-6-5-10-3-1-2-4-12(10)15(14)17/h1-8H,9H2. The number of carbonyl (C=O) groups is 1. The molecule has 0 saturated heterocycles. The van der Waals surface area contributed by atoms with E-state index in [1.54, 1.807) is 11.8 Å². The van der Waals surface area contributed by atoms with Crippen LogP contribution >= 0.6 is 11.8 Å². The zero-order valence-corrected chi connectivity index (χ0v) is 11.8. The van der Waals surface area contributed by atoms with E-state index < -0.39 is 0 Å². The van der Waals surface area contributed by atoms with Gasteiger partial charge in [-0.2, -0.15) is 0 Å². The van der Waals surface area contributed by atoms with Gasteiger partial charge < -0.3 is 4.42 Å². The molecular weight excluding hydrogens is 284 g/mol. The van der Waals surface area contributed by atoms with Crippen LogP contribution in [-0.2, 0) is 5.75 Å². The van der Waals surface area contributed by atoms with Crippen LogP contribution in [0.15, 0.2) is 56.8 Å². The lowest BCUT2D eigenvalue weighted by Gasteiger charge is -2.19. The topological polar surface area (TPSA) is 47.3 Å². The van der Waals surface area contributed by atoms with E-state index in [1.165, 1.54) is 6.26 Å². The molecule has 0 unspecified atom stereocenters. The van der Waals surface area contributed by atoms with Gasteiger partial charge in [-0.15, -0.1) is 11.8 Å². The minimum absolute atomic E-state index is 0.0815. The Labute approximate surface area is 124 Å². The Morgan fingerprint density at radius 1 is 1.14 bits per heavy atom. The number of carbonyl (C=O) groups excluding carboxylic acids is 1. The molecule has 2 aromatic carbocycles. The van der Waals surface area contributed by atoms with E-state index >= 15 is 0 Å². The molecule has 1 aromatic heterocycles. The monoisotopic (exact) mass is 294 g/mol. The van der Waals surface area contributed by atoms with Gasteiger partial charge in [0.15, 0.2) is 11.7 Å². The molecule has 3 nitrogen and oxygen atoms in total. The fraction of sp³-hybridized carbons (Fsp3) is 0.0588. The van der Waals surface area contributed by atoms with Crippen molar-refractivity contribution < 1.29 is 9.21 Å². The third-order valence-electron chi connectivity index (χ3n) is 3.73. The predicted octanol–water partition coefficient (Wildman–Crippen LogP) is 3.88. The van der Waals surface area contributed by atoms with Gasteiger partial charge in [-0.3, -0.25) is 9.59 Å². The highest BCUT2D eigenvalue weighted by Crippen LogP contribution is 2.44. The molecule has 4 rings (SSSR count). The number of rotatable bonds is 1. The summed E-state index contributed by atoms with van der Waals surface area (Å²) in [6.45, 7) is 0. The molecule has 0 amide bonds. The Hall–Kier alpha value is -2.33. The maximum Gasteiger partial charge on any atom is 0.200 e. The van der Waals surface area contributed by atoms with Crippen LogP contribution in [0.1, 0.15) is 15.9 Å². The summed E-state index contributed by atoms with van der Waals surface area (Å²) in [5, 5.41) is 2.16. The van der Waals surface area contributed by atoms with Crippen LogP contribution in [0, 0.1) is 0 Å². The Kier molecular flexibility index (Phi) is 2.72. The second-order valence-electron chi connectivity index (χ2n) is 4.89. The Bertz CT molecular complexity index is 940. The van der Waals surface area contributed by atoms with E-state index in [1.807, 2.05) is 24.3 Å². The van der Waals surface area contributed by atoms with Gasteiger partial charge in [-0.1, -0.05) is 30.3 Å². The van der Waals surface area contributed by atoms with Gasteiger partial charge >= 0.3 is 0 Å². The van der Waals surface area contributed by atoms with Gasteiger partial charge in [0, 0.05) is 16.2 Å². The van der Waals surface area contributed by atoms with E-state index in [0.717, 1.165) is 21.2 Å². The first-order valence-corrected chi connectivity index (χ1v) is 7.53. The largest absolute Gasteiger partial charge is 0.463 e. The summed E-state index contributed by atoms with van der Waals surface area (Å²) >= 11 is 1.60. The molecule has 0 N–H and O–H groups in total. The van der Waals surface area contributed by atoms with Crippen LogP contribution < -0.4 is 5.43 Å². The number of aldehydes is 1. The normalized spacial score (nSPS) is 12.8. The van der Waals surface area contributed by atoms with Crippen LogP contribution in [-0.4, -0.2) is 6.29 Å². The predicted molar refractivity (Wildman–Crippen MR) is 82.9 cm³/mol. The maximum absolute atomic E-state index is 12.3. The first kappa shape index (κ1) is 12.4. The van der Waals surface area contributed by atoms with Gasteiger partial charge in [0.2, 0.25) is 0 Å². The minimum Gasteiger partial charge on any atom is -0.463 e. The summed E-state index contributed by atoms with van der Waals surface area (Å²) in [4.78, 5) is 24.3. The molecule has 0 atom stereocenters. The molecule has 1 aliphatic rings. The van der Waals surface area contributed by atoms with Crippen molar-refractivity contribution in [3.05, 3.63) is 64.0 Å². The molecule has 3 aromatic rings. The summed E-state index contributed by atoms with van der Waals surface area (Å²) in [6, 6.07) is 12.1. The molecule has 2 heterocycles. The van der Waals surface area contributed by atoms with Crippen molar-refractivity contribution in [3.8, 4) is 11.3 Å². The lowest BCUT2D eigenvalue weighted by atomic mass is 9.99. The van der Waals surface area contributed by atoms with E-state index in [-0.39, 0.29) is 11.0 Å². The van der Waals surface area contributed by atoms with E-state index in [2.05, 4.69) is 12.1 Å². The van der Waals surface area contributed by atoms with Crippen molar-refractivity contribution in [2.45, 2.75) is 10.6 Å². The molecule has 102 valence electrons. The molecule has 1 aliphatic heterocycles. The second-order valence-corrected chi connectivity index (χ2v) is 5.91. The highest BCUT2D eigenvalue weighted by Gasteiger charge is 2.24. The SMILES string of the molecule is O=Cc1coc2c(c1=O)CSc1ccc3ccccc3c1-2. The van der Waals surface area contributed by atoms with Gasteiger partial charge in [-0.05, 0) is 16.8 Å². The quantitative estimate of drug-likeness (QED) is 0.639. The van der Waals surface area contributed by atoms with Crippen LogP contribution in [0.4, 0.5) is 0 Å². The third-order valence-corrected chi connectivity index (χ3v) is 4.82. The lowest BCUT2D eigenvalue weighted by Crippen LogP contribution is -2.16. The highest BCUT2D eigenvalue weighted by atomic mass is 32.2. The van der Waals surface area contributed by atoms with Crippen molar-refractivity contribution in [3.63, 3.8) is 0 Å².